The van der Waals surface area contributed by atoms with E-state index in [-0.39, 0.29) is 45.0 Å². The van der Waals surface area contributed by atoms with Crippen LogP contribution in [0.2, 0.25) is 0 Å². The topological polar surface area (TPSA) is 134 Å². The third kappa shape index (κ3) is 7.47. The molecule has 3 aliphatic rings. The van der Waals surface area contributed by atoms with Gasteiger partial charge in [-0.2, -0.15) is 0 Å². The van der Waals surface area contributed by atoms with Crippen molar-refractivity contribution in [2.45, 2.75) is 38.3 Å². The number of amides is 1. The van der Waals surface area contributed by atoms with Gasteiger partial charge in [0.25, 0.3) is 5.88 Å². The van der Waals surface area contributed by atoms with Crippen LogP contribution in [0.25, 0.3) is 6.15 Å². The number of likely N-dealkylation sites (tertiary alicyclic amines) is 1. The average Bonchev–Trinajstić information content (AvgIpc) is 2.92. The smallest absolute Gasteiger partial charge is 0.255 e. The van der Waals surface area contributed by atoms with Gasteiger partial charge >= 0.3 is 0 Å². The molecular weight excluding hydrogens is 698 g/mol. The van der Waals surface area contributed by atoms with Crippen LogP contribution in [0.3, 0.4) is 0 Å². The van der Waals surface area contributed by atoms with Crippen LogP contribution >= 0.6 is 12.8 Å². The van der Waals surface area contributed by atoms with Gasteiger partial charge in [-0.1, -0.05) is 26.3 Å². The number of rotatable bonds is 8. The Morgan fingerprint density at radius 2 is 1.73 bits per heavy atom. The van der Waals surface area contributed by atoms with Crippen LogP contribution in [0, 0.1) is 0 Å². The van der Waals surface area contributed by atoms with Crippen molar-refractivity contribution in [2.75, 3.05) is 67.9 Å². The Labute approximate surface area is 256 Å². The van der Waals surface area contributed by atoms with Crippen molar-refractivity contribution in [3.63, 3.8) is 0 Å². The van der Waals surface area contributed by atoms with E-state index in [1.165, 1.54) is 24.6 Å². The molecule has 1 amide bonds. The first kappa shape index (κ1) is 32.1. The van der Waals surface area contributed by atoms with Crippen molar-refractivity contribution in [3.05, 3.63) is 48.8 Å². The van der Waals surface area contributed by atoms with E-state index in [2.05, 4.69) is 66.2 Å². The minimum atomic E-state index is -0.130. The number of nitrogens with zero attached hydrogens (tertiary/aromatic N) is 6. The summed E-state index contributed by atoms with van der Waals surface area (Å²) < 4.78 is 2.11. The summed E-state index contributed by atoms with van der Waals surface area (Å²) in [7, 11) is 0. The number of thiol groups is 1. The summed E-state index contributed by atoms with van der Waals surface area (Å²) in [4.78, 5) is 27.5. The van der Waals surface area contributed by atoms with Gasteiger partial charge in [0.05, 0.1) is 11.7 Å². The molecule has 218 valence electrons. The van der Waals surface area contributed by atoms with Gasteiger partial charge < -0.3 is 31.7 Å². The maximum absolute atomic E-state index is 11.7. The first-order valence-electron chi connectivity index (χ1n) is 13.5. The SMILES string of the molecule is C=CC(=O)N1CC(Nc2nc(Nc3ccc(N4CCC(N5CCN(S)CC5)CC4)cc3)c(O)nc2CC)C1.[NH2-].[W]. The number of aromatic nitrogens is 2. The Bertz CT molecular complexity index is 1130. The van der Waals surface area contributed by atoms with Crippen LogP contribution in [0.1, 0.15) is 25.5 Å². The fraction of sp³-hybridized carbons (Fsp3) is 0.519. The molecular formula is C27H40N9O2SW-. The van der Waals surface area contributed by atoms with E-state index in [0.717, 1.165) is 45.0 Å². The molecule has 3 fully saturated rings. The Morgan fingerprint density at radius 3 is 2.33 bits per heavy atom. The summed E-state index contributed by atoms with van der Waals surface area (Å²) in [5.41, 5.74) is 2.73. The van der Waals surface area contributed by atoms with Crippen LogP contribution in [-0.4, -0.2) is 99.5 Å². The third-order valence-electron chi connectivity index (χ3n) is 7.76. The van der Waals surface area contributed by atoms with Crippen LogP contribution in [-0.2, 0) is 32.3 Å². The zero-order chi connectivity index (χ0) is 26.6. The van der Waals surface area contributed by atoms with Crippen molar-refractivity contribution in [1.82, 2.24) is 24.1 Å². The number of anilines is 4. The van der Waals surface area contributed by atoms with Crippen molar-refractivity contribution in [3.8, 4) is 5.88 Å². The van der Waals surface area contributed by atoms with E-state index >= 15 is 0 Å². The molecule has 1 aromatic carbocycles. The van der Waals surface area contributed by atoms with E-state index in [0.29, 0.717) is 42.9 Å². The van der Waals surface area contributed by atoms with Gasteiger partial charge in [0, 0.05) is 90.8 Å². The second-order valence-corrected chi connectivity index (χ2v) is 10.8. The van der Waals surface area contributed by atoms with Crippen molar-refractivity contribution in [1.29, 1.82) is 0 Å². The maximum atomic E-state index is 11.7. The van der Waals surface area contributed by atoms with Crippen molar-refractivity contribution >= 4 is 41.7 Å². The molecule has 2 aromatic rings. The van der Waals surface area contributed by atoms with E-state index in [1.807, 2.05) is 19.1 Å². The molecule has 5 N–H and O–H groups in total. The molecule has 13 heteroatoms. The third-order valence-corrected chi connectivity index (χ3v) is 8.16. The van der Waals surface area contributed by atoms with Crippen LogP contribution in [0.4, 0.5) is 23.0 Å². The molecule has 5 rings (SSSR count). The number of carbonyl (C=O) groups is 1. The van der Waals surface area contributed by atoms with Crippen molar-refractivity contribution < 1.29 is 31.0 Å². The molecule has 3 saturated heterocycles. The first-order chi connectivity index (χ1) is 18.4. The zero-order valence-corrected chi connectivity index (χ0v) is 26.8. The van der Waals surface area contributed by atoms with Gasteiger partial charge in [0.2, 0.25) is 5.91 Å². The minimum Gasteiger partial charge on any atom is -0.693 e. The number of aryl methyl sites for hydroxylation is 1. The zero-order valence-electron chi connectivity index (χ0n) is 23.0. The van der Waals surface area contributed by atoms with E-state index in [4.69, 9.17) is 0 Å². The number of piperidine rings is 1. The van der Waals surface area contributed by atoms with Gasteiger partial charge in [-0.05, 0) is 49.6 Å². The molecule has 1 aromatic heterocycles. The quantitative estimate of drug-likeness (QED) is 0.238. The van der Waals surface area contributed by atoms with Crippen LogP contribution in [0.5, 0.6) is 5.88 Å². The second kappa shape index (κ2) is 14.5. The molecule has 0 spiro atoms. The summed E-state index contributed by atoms with van der Waals surface area (Å²) >= 11 is 4.47. The standard InChI is InChI=1S/C27H38N8O2S.H2N.W/c1-3-23-25(29-20-17-34(18-20)24(36)4-2)31-26(27(37)30-23)28-19-5-7-21(8-6-19)32-11-9-22(10-12-32)33-13-15-35(38)16-14-33;;/h4-8,20,22,38H,2-3,9-18H2,1H3,(H,30,37)(H2,28,29,31);1H2;/q;-1;. The Hall–Kier alpha value is -2.37. The van der Waals surface area contributed by atoms with Gasteiger partial charge in [0.15, 0.2) is 11.6 Å². The van der Waals surface area contributed by atoms with Gasteiger partial charge in [-0.3, -0.25) is 14.0 Å². The summed E-state index contributed by atoms with van der Waals surface area (Å²) in [6.07, 6.45) is 4.31. The number of carbonyl (C=O) groups excluding carboxylic acids is 1. The van der Waals surface area contributed by atoms with Gasteiger partial charge in [-0.25, -0.2) is 9.97 Å². The van der Waals surface area contributed by atoms with Crippen LogP contribution < -0.4 is 15.5 Å². The second-order valence-electron chi connectivity index (χ2n) is 10.2. The number of nitrogens with two attached hydrogens (primary N) is 1. The molecule has 11 nitrogen and oxygen atoms in total. The minimum absolute atomic E-state index is 0. The fourth-order valence-corrected chi connectivity index (χ4v) is 5.62. The molecule has 0 radical (unpaired) electrons. The molecule has 0 unspecified atom stereocenters. The van der Waals surface area contributed by atoms with E-state index in [9.17, 15) is 9.90 Å². The predicted molar refractivity (Wildman–Crippen MR) is 160 cm³/mol. The number of aromatic hydroxyl groups is 1. The Morgan fingerprint density at radius 1 is 1.07 bits per heavy atom. The maximum Gasteiger partial charge on any atom is 0.255 e. The fourth-order valence-electron chi connectivity index (χ4n) is 5.44. The van der Waals surface area contributed by atoms with Crippen molar-refractivity contribution in [2.24, 2.45) is 0 Å². The number of piperazine rings is 1. The molecule has 0 atom stereocenters. The largest absolute Gasteiger partial charge is 0.693 e. The predicted octanol–water partition coefficient (Wildman–Crippen LogP) is 3.44. The normalized spacial score (nSPS) is 18.8. The Balaban J connectivity index is 0.00000220. The number of nitrogens with one attached hydrogen (secondary N) is 2. The summed E-state index contributed by atoms with van der Waals surface area (Å²) in [5.74, 6) is 0.726. The monoisotopic (exact) mass is 738 g/mol. The molecule has 4 heterocycles. The van der Waals surface area contributed by atoms with Crippen LogP contribution in [0.15, 0.2) is 36.9 Å². The molecule has 0 saturated carbocycles. The number of hydrogen-bond acceptors (Lipinski definition) is 10. The van der Waals surface area contributed by atoms with E-state index < -0.39 is 0 Å². The molecule has 3 aliphatic heterocycles. The molecule has 0 aliphatic carbocycles. The number of benzene rings is 1. The summed E-state index contributed by atoms with van der Waals surface area (Å²) in [6.45, 7) is 13.1. The molecule has 40 heavy (non-hydrogen) atoms. The van der Waals surface area contributed by atoms with Gasteiger partial charge in [-0.15, -0.1) is 0 Å². The number of hydrogen-bond donors (Lipinski definition) is 4. The molecule has 0 bridgehead atoms. The van der Waals surface area contributed by atoms with E-state index in [1.54, 1.807) is 4.90 Å². The first-order valence-corrected chi connectivity index (χ1v) is 13.9. The summed E-state index contributed by atoms with van der Waals surface area (Å²) in [5, 5.41) is 17.1. The average molecular weight is 739 g/mol. The Kier molecular flexibility index (Phi) is 11.7. The van der Waals surface area contributed by atoms with Gasteiger partial charge in [0.1, 0.15) is 0 Å². The summed E-state index contributed by atoms with van der Waals surface area (Å²) in [6, 6.07) is 9.01.